The van der Waals surface area contributed by atoms with Crippen molar-refractivity contribution in [3.8, 4) is 5.75 Å². The molecule has 0 aromatic heterocycles. The van der Waals surface area contributed by atoms with Crippen LogP contribution in [0, 0.1) is 11.8 Å². The molecule has 1 amide bonds. The maximum atomic E-state index is 13.2. The van der Waals surface area contributed by atoms with Crippen molar-refractivity contribution in [1.29, 1.82) is 0 Å². The molecule has 37 heavy (non-hydrogen) atoms. The molecule has 0 spiro atoms. The lowest BCUT2D eigenvalue weighted by molar-refractivity contribution is -0.155. The fourth-order valence-corrected chi connectivity index (χ4v) is 7.00. The molecular weight excluding hydrogens is 466 g/mol. The van der Waals surface area contributed by atoms with Crippen molar-refractivity contribution < 1.29 is 23.8 Å². The molecule has 0 radical (unpaired) electrons. The summed E-state index contributed by atoms with van der Waals surface area (Å²) in [6.07, 6.45) is 7.81. The average Bonchev–Trinajstić information content (AvgIpc) is 2.93. The first-order valence-electron chi connectivity index (χ1n) is 14.0. The van der Waals surface area contributed by atoms with Crippen LogP contribution in [-0.2, 0) is 32.7 Å². The maximum absolute atomic E-state index is 13.2. The lowest BCUT2D eigenvalue weighted by atomic mass is 9.52. The Bertz CT molecular complexity index is 1100. The Morgan fingerprint density at radius 3 is 2.62 bits per heavy atom. The SMILES string of the molecule is CCC(CC)C(=O)OCOc1ccc2c(c1)[C@]13CCCC[C@@H]1[C@H](C2)N(C(=O)OCc1ccccc1)CC3. The number of nitrogens with zero attached hydrogens (tertiary/aromatic N) is 1. The van der Waals surface area contributed by atoms with E-state index in [2.05, 4.69) is 12.1 Å². The molecule has 6 nitrogen and oxygen atoms in total. The third-order valence-corrected chi connectivity index (χ3v) is 8.99. The minimum absolute atomic E-state index is 0.0613. The number of rotatable bonds is 8. The number of hydrogen-bond donors (Lipinski definition) is 0. The summed E-state index contributed by atoms with van der Waals surface area (Å²) in [4.78, 5) is 27.4. The highest BCUT2D eigenvalue weighted by molar-refractivity contribution is 5.72. The Morgan fingerprint density at radius 2 is 1.84 bits per heavy atom. The number of hydrogen-bond acceptors (Lipinski definition) is 5. The second kappa shape index (κ2) is 11.2. The van der Waals surface area contributed by atoms with Gasteiger partial charge < -0.3 is 19.1 Å². The van der Waals surface area contributed by atoms with Gasteiger partial charge in [-0.2, -0.15) is 0 Å². The molecule has 2 aliphatic carbocycles. The minimum Gasteiger partial charge on any atom is -0.457 e. The first-order chi connectivity index (χ1) is 18.1. The van der Waals surface area contributed by atoms with Crippen LogP contribution in [-0.4, -0.2) is 36.3 Å². The van der Waals surface area contributed by atoms with Crippen molar-refractivity contribution in [2.75, 3.05) is 13.3 Å². The molecule has 1 aliphatic heterocycles. The highest BCUT2D eigenvalue weighted by atomic mass is 16.7. The predicted molar refractivity (Wildman–Crippen MR) is 141 cm³/mol. The van der Waals surface area contributed by atoms with Gasteiger partial charge in [0.2, 0.25) is 6.79 Å². The summed E-state index contributed by atoms with van der Waals surface area (Å²) < 4.78 is 17.1. The molecular formula is C31H39NO5. The Hall–Kier alpha value is -3.02. The van der Waals surface area contributed by atoms with Gasteiger partial charge in [-0.1, -0.05) is 63.1 Å². The van der Waals surface area contributed by atoms with E-state index in [4.69, 9.17) is 14.2 Å². The van der Waals surface area contributed by atoms with Crippen molar-refractivity contribution in [2.45, 2.75) is 83.3 Å². The molecule has 198 valence electrons. The Balaban J connectivity index is 1.30. The van der Waals surface area contributed by atoms with Crippen molar-refractivity contribution >= 4 is 12.1 Å². The van der Waals surface area contributed by atoms with Crippen LogP contribution < -0.4 is 4.74 Å². The highest BCUT2D eigenvalue weighted by Gasteiger charge is 2.55. The Labute approximate surface area is 220 Å². The lowest BCUT2D eigenvalue weighted by Gasteiger charge is -2.58. The van der Waals surface area contributed by atoms with E-state index in [0.29, 0.717) is 19.1 Å². The molecule has 3 atom stereocenters. The van der Waals surface area contributed by atoms with Crippen molar-refractivity contribution in [3.05, 3.63) is 65.2 Å². The van der Waals surface area contributed by atoms with E-state index >= 15 is 0 Å². The second-order valence-corrected chi connectivity index (χ2v) is 10.8. The van der Waals surface area contributed by atoms with E-state index in [-0.39, 0.29) is 36.2 Å². The number of piperidine rings is 1. The fourth-order valence-electron chi connectivity index (χ4n) is 7.00. The standard InChI is InChI=1S/C31H39NO5/c1-3-23(4-2)29(33)37-21-36-25-14-13-24-18-28-26-12-8-9-15-31(26,27(24)19-25)16-17-32(28)30(34)35-20-22-10-6-5-7-11-22/h5-7,10-11,13-14,19,23,26,28H,3-4,8-9,12,15-18,20-21H2,1-2H3/t26-,28+,31+/m1/s1. The van der Waals surface area contributed by atoms with Crippen molar-refractivity contribution in [2.24, 2.45) is 11.8 Å². The Morgan fingerprint density at radius 1 is 1.03 bits per heavy atom. The molecule has 2 aromatic rings. The molecule has 5 rings (SSSR count). The van der Waals surface area contributed by atoms with Crippen molar-refractivity contribution in [1.82, 2.24) is 4.90 Å². The van der Waals surface area contributed by atoms with Gasteiger partial charge >= 0.3 is 12.1 Å². The summed E-state index contributed by atoms with van der Waals surface area (Å²) >= 11 is 0. The molecule has 1 saturated heterocycles. The van der Waals surface area contributed by atoms with Gasteiger partial charge in [-0.05, 0) is 73.3 Å². The molecule has 2 bridgehead atoms. The highest BCUT2D eigenvalue weighted by Crippen LogP contribution is 2.56. The van der Waals surface area contributed by atoms with Gasteiger partial charge in [0.25, 0.3) is 0 Å². The van der Waals surface area contributed by atoms with Gasteiger partial charge in [0, 0.05) is 18.0 Å². The van der Waals surface area contributed by atoms with E-state index in [1.54, 1.807) is 0 Å². The van der Waals surface area contributed by atoms with Crippen LogP contribution in [0.4, 0.5) is 4.79 Å². The van der Waals surface area contributed by atoms with Crippen LogP contribution in [0.5, 0.6) is 5.75 Å². The fraction of sp³-hybridized carbons (Fsp3) is 0.548. The van der Waals surface area contributed by atoms with Crippen LogP contribution >= 0.6 is 0 Å². The third-order valence-electron chi connectivity index (χ3n) is 8.99. The molecule has 0 N–H and O–H groups in total. The molecule has 3 aliphatic rings. The zero-order chi connectivity index (χ0) is 25.8. The number of carbonyl (C=O) groups excluding carboxylic acids is 2. The summed E-state index contributed by atoms with van der Waals surface area (Å²) in [6, 6.07) is 16.3. The maximum Gasteiger partial charge on any atom is 0.410 e. The molecule has 2 fully saturated rings. The minimum atomic E-state index is -0.198. The van der Waals surface area contributed by atoms with Gasteiger partial charge in [0.1, 0.15) is 12.4 Å². The topological polar surface area (TPSA) is 65.1 Å². The molecule has 2 aromatic carbocycles. The van der Waals surface area contributed by atoms with E-state index in [1.165, 1.54) is 24.0 Å². The molecule has 6 heteroatoms. The monoisotopic (exact) mass is 505 g/mol. The van der Waals surface area contributed by atoms with Crippen LogP contribution in [0.2, 0.25) is 0 Å². The van der Waals surface area contributed by atoms with E-state index in [9.17, 15) is 9.59 Å². The molecule has 1 saturated carbocycles. The number of fused-ring (bicyclic) bond motifs is 1. The van der Waals surface area contributed by atoms with Crippen LogP contribution in [0.1, 0.15) is 75.5 Å². The number of amides is 1. The van der Waals surface area contributed by atoms with Gasteiger partial charge in [0.15, 0.2) is 0 Å². The summed E-state index contributed by atoms with van der Waals surface area (Å²) in [5.74, 6) is 0.909. The number of esters is 1. The third kappa shape index (κ3) is 5.07. The van der Waals surface area contributed by atoms with Crippen molar-refractivity contribution in [3.63, 3.8) is 0 Å². The Kier molecular flexibility index (Phi) is 7.73. The van der Waals surface area contributed by atoms with E-state index in [0.717, 1.165) is 49.8 Å². The van der Waals surface area contributed by atoms with Gasteiger partial charge in [0.05, 0.1) is 5.92 Å². The number of likely N-dealkylation sites (tertiary alicyclic amines) is 1. The van der Waals surface area contributed by atoms with Gasteiger partial charge in [-0.15, -0.1) is 0 Å². The van der Waals surface area contributed by atoms with Crippen LogP contribution in [0.3, 0.4) is 0 Å². The lowest BCUT2D eigenvalue weighted by Crippen LogP contribution is -2.62. The predicted octanol–water partition coefficient (Wildman–Crippen LogP) is 6.40. The van der Waals surface area contributed by atoms with Crippen LogP contribution in [0.25, 0.3) is 0 Å². The number of ether oxygens (including phenoxy) is 3. The van der Waals surface area contributed by atoms with E-state index in [1.807, 2.05) is 55.1 Å². The zero-order valence-electron chi connectivity index (χ0n) is 22.1. The number of benzene rings is 2. The van der Waals surface area contributed by atoms with E-state index < -0.39 is 0 Å². The summed E-state index contributed by atoms with van der Waals surface area (Å²) in [5, 5.41) is 0. The largest absolute Gasteiger partial charge is 0.457 e. The smallest absolute Gasteiger partial charge is 0.410 e. The summed E-state index contributed by atoms with van der Waals surface area (Å²) in [7, 11) is 0. The molecule has 1 heterocycles. The second-order valence-electron chi connectivity index (χ2n) is 10.8. The summed E-state index contributed by atoms with van der Waals surface area (Å²) in [5.41, 5.74) is 3.74. The molecule has 0 unspecified atom stereocenters. The first-order valence-corrected chi connectivity index (χ1v) is 14.0. The number of carbonyl (C=O) groups is 2. The summed E-state index contributed by atoms with van der Waals surface area (Å²) in [6.45, 7) is 4.96. The zero-order valence-corrected chi connectivity index (χ0v) is 22.1. The quantitative estimate of drug-likeness (QED) is 0.307. The first kappa shape index (κ1) is 25.6. The van der Waals surface area contributed by atoms with Gasteiger partial charge in [-0.25, -0.2) is 4.79 Å². The normalized spacial score (nSPS) is 24.1. The van der Waals surface area contributed by atoms with Gasteiger partial charge in [-0.3, -0.25) is 4.79 Å². The average molecular weight is 506 g/mol. The van der Waals surface area contributed by atoms with Crippen LogP contribution in [0.15, 0.2) is 48.5 Å².